The van der Waals surface area contributed by atoms with Crippen molar-refractivity contribution in [2.24, 2.45) is 0 Å². The lowest BCUT2D eigenvalue weighted by molar-refractivity contribution is 0.0535. The monoisotopic (exact) mass is 403 g/mol. The van der Waals surface area contributed by atoms with Gasteiger partial charge in [0.15, 0.2) is 0 Å². The molecule has 1 saturated heterocycles. The number of pyridine rings is 1. The van der Waals surface area contributed by atoms with Gasteiger partial charge in [0.1, 0.15) is 18.8 Å². The lowest BCUT2D eigenvalue weighted by Gasteiger charge is -2.34. The molecule has 0 amide bonds. The van der Waals surface area contributed by atoms with Gasteiger partial charge in [-0.25, -0.2) is 14.8 Å². The second kappa shape index (κ2) is 7.66. The van der Waals surface area contributed by atoms with Crippen LogP contribution in [-0.2, 0) is 17.9 Å². The van der Waals surface area contributed by atoms with Gasteiger partial charge in [0.25, 0.3) is 0 Å². The Morgan fingerprint density at radius 1 is 1.20 bits per heavy atom. The molecule has 7 nitrogen and oxygen atoms in total. The number of nitrogens with zero attached hydrogens (tertiary/aromatic N) is 4. The number of aryl methyl sites for hydroxylation is 1. The minimum Gasteiger partial charge on any atom is -0.457 e. The molecule has 0 radical (unpaired) electrons. The zero-order valence-corrected chi connectivity index (χ0v) is 17.3. The normalized spacial score (nSPS) is 19.0. The van der Waals surface area contributed by atoms with Gasteiger partial charge in [-0.3, -0.25) is 9.47 Å². The van der Waals surface area contributed by atoms with E-state index in [9.17, 15) is 4.79 Å². The van der Waals surface area contributed by atoms with Gasteiger partial charge in [-0.1, -0.05) is 12.1 Å². The maximum atomic E-state index is 11.8. The van der Waals surface area contributed by atoms with Crippen LogP contribution in [0.25, 0.3) is 5.82 Å². The molecule has 1 aromatic carbocycles. The highest BCUT2D eigenvalue weighted by molar-refractivity contribution is 5.94. The van der Waals surface area contributed by atoms with Crippen LogP contribution >= 0.6 is 0 Å². The summed E-state index contributed by atoms with van der Waals surface area (Å²) in [5.74, 6) is 0.669. The number of ether oxygens (including phenoxy) is 1. The molecule has 1 fully saturated rings. The van der Waals surface area contributed by atoms with E-state index >= 15 is 0 Å². The topological polar surface area (TPSA) is 72.3 Å². The molecule has 2 aliphatic rings. The Kier molecular flexibility index (Phi) is 4.84. The van der Waals surface area contributed by atoms with Gasteiger partial charge in [0.05, 0.1) is 11.3 Å². The molecule has 1 N–H and O–H groups in total. The molecule has 154 valence electrons. The highest BCUT2D eigenvalue weighted by Crippen LogP contribution is 2.30. The first kappa shape index (κ1) is 19.0. The molecule has 3 aromatic rings. The summed E-state index contributed by atoms with van der Waals surface area (Å²) < 4.78 is 7.14. The summed E-state index contributed by atoms with van der Waals surface area (Å²) in [6.45, 7) is 8.15. The second-order valence-electron chi connectivity index (χ2n) is 8.07. The third kappa shape index (κ3) is 3.51. The molecule has 0 bridgehead atoms. The van der Waals surface area contributed by atoms with Crippen LogP contribution < -0.4 is 5.32 Å². The number of benzene rings is 1. The number of rotatable bonds is 4. The van der Waals surface area contributed by atoms with E-state index in [1.165, 1.54) is 16.7 Å². The molecular formula is C23H25N5O2. The Hall–Kier alpha value is -3.03. The first-order valence-corrected chi connectivity index (χ1v) is 10.3. The minimum absolute atomic E-state index is 0.209. The summed E-state index contributed by atoms with van der Waals surface area (Å²) >= 11 is 0. The van der Waals surface area contributed by atoms with Crippen molar-refractivity contribution in [3.63, 3.8) is 0 Å². The molecule has 0 spiro atoms. The van der Waals surface area contributed by atoms with Gasteiger partial charge < -0.3 is 10.1 Å². The Bertz CT molecular complexity index is 1090. The average molecular weight is 403 g/mol. The van der Waals surface area contributed by atoms with Crippen molar-refractivity contribution in [2.75, 3.05) is 19.6 Å². The third-order valence-corrected chi connectivity index (χ3v) is 6.03. The third-order valence-electron chi connectivity index (χ3n) is 6.03. The largest absolute Gasteiger partial charge is 0.457 e. The van der Waals surface area contributed by atoms with Crippen LogP contribution in [0.5, 0.6) is 0 Å². The molecule has 0 aliphatic carbocycles. The number of carbonyl (C=O) groups is 1. The number of imidazole rings is 1. The van der Waals surface area contributed by atoms with E-state index in [1.54, 1.807) is 6.33 Å². The number of aromatic nitrogens is 3. The van der Waals surface area contributed by atoms with Crippen LogP contribution in [0.2, 0.25) is 0 Å². The Labute approximate surface area is 175 Å². The molecule has 30 heavy (non-hydrogen) atoms. The van der Waals surface area contributed by atoms with E-state index in [0.29, 0.717) is 12.2 Å². The highest BCUT2D eigenvalue weighted by Gasteiger charge is 2.28. The van der Waals surface area contributed by atoms with Crippen LogP contribution in [0.4, 0.5) is 0 Å². The summed E-state index contributed by atoms with van der Waals surface area (Å²) in [7, 11) is 0. The predicted octanol–water partition coefficient (Wildman–Crippen LogP) is 2.70. The van der Waals surface area contributed by atoms with Crippen LogP contribution in [0, 0.1) is 13.8 Å². The number of fused-ring (bicyclic) bond motifs is 1. The van der Waals surface area contributed by atoms with E-state index in [0.717, 1.165) is 43.3 Å². The van der Waals surface area contributed by atoms with Crippen molar-refractivity contribution in [1.82, 2.24) is 24.8 Å². The Morgan fingerprint density at radius 2 is 2.10 bits per heavy atom. The maximum absolute atomic E-state index is 11.8. The number of esters is 1. The van der Waals surface area contributed by atoms with Crippen LogP contribution in [0.1, 0.15) is 44.3 Å². The van der Waals surface area contributed by atoms with Gasteiger partial charge >= 0.3 is 5.97 Å². The fourth-order valence-electron chi connectivity index (χ4n) is 4.38. The van der Waals surface area contributed by atoms with E-state index in [4.69, 9.17) is 4.74 Å². The SMILES string of the molecule is Cc1cn(-c2ccc(CN3CCN[C@H](c4ccc5c(c4C)COC5=O)C3)cn2)cn1. The highest BCUT2D eigenvalue weighted by atomic mass is 16.5. The average Bonchev–Trinajstić information content (AvgIpc) is 3.35. The first-order chi connectivity index (χ1) is 14.6. The summed E-state index contributed by atoms with van der Waals surface area (Å²) in [6, 6.07) is 8.40. The van der Waals surface area contributed by atoms with Gasteiger partial charge in [-0.05, 0) is 42.7 Å². The van der Waals surface area contributed by atoms with E-state index in [2.05, 4.69) is 39.2 Å². The van der Waals surface area contributed by atoms with Crippen LogP contribution in [0.3, 0.4) is 0 Å². The predicted molar refractivity (Wildman–Crippen MR) is 112 cm³/mol. The summed E-state index contributed by atoms with van der Waals surface area (Å²) in [5.41, 5.74) is 6.33. The number of nitrogens with one attached hydrogen (secondary N) is 1. The van der Waals surface area contributed by atoms with Crippen molar-refractivity contribution in [1.29, 1.82) is 0 Å². The zero-order valence-electron chi connectivity index (χ0n) is 17.3. The molecule has 5 rings (SSSR count). The second-order valence-corrected chi connectivity index (χ2v) is 8.07. The Balaban J connectivity index is 1.29. The van der Waals surface area contributed by atoms with Crippen molar-refractivity contribution in [3.8, 4) is 5.82 Å². The molecular weight excluding hydrogens is 378 g/mol. The quantitative estimate of drug-likeness (QED) is 0.676. The molecule has 4 heterocycles. The van der Waals surface area contributed by atoms with Crippen molar-refractivity contribution >= 4 is 5.97 Å². The van der Waals surface area contributed by atoms with Gasteiger partial charge in [0, 0.05) is 50.2 Å². The van der Waals surface area contributed by atoms with E-state index in [1.807, 2.05) is 36.0 Å². The van der Waals surface area contributed by atoms with Crippen molar-refractivity contribution < 1.29 is 9.53 Å². The summed E-state index contributed by atoms with van der Waals surface area (Å²) in [4.78, 5) is 23.1. The zero-order chi connectivity index (χ0) is 20.7. The van der Waals surface area contributed by atoms with Gasteiger partial charge in [-0.2, -0.15) is 0 Å². The lowest BCUT2D eigenvalue weighted by atomic mass is 9.93. The summed E-state index contributed by atoms with van der Waals surface area (Å²) in [6.07, 6.45) is 5.71. The fourth-order valence-corrected chi connectivity index (χ4v) is 4.38. The van der Waals surface area contributed by atoms with Crippen LogP contribution in [0.15, 0.2) is 43.0 Å². The van der Waals surface area contributed by atoms with E-state index in [-0.39, 0.29) is 12.0 Å². The van der Waals surface area contributed by atoms with Gasteiger partial charge in [-0.15, -0.1) is 0 Å². The smallest absolute Gasteiger partial charge is 0.338 e. The molecule has 1 atom stereocenters. The van der Waals surface area contributed by atoms with Crippen molar-refractivity contribution in [3.05, 3.63) is 76.5 Å². The molecule has 0 unspecified atom stereocenters. The number of hydrogen-bond acceptors (Lipinski definition) is 6. The van der Waals surface area contributed by atoms with Crippen LogP contribution in [-0.4, -0.2) is 45.0 Å². The number of hydrogen-bond donors (Lipinski definition) is 1. The standard InChI is InChI=1S/C23H25N5O2/c1-15-10-28(14-26-15)22-6-3-17(9-25-22)11-27-8-7-24-21(12-27)18-4-5-19-20(16(18)2)13-30-23(19)29/h3-6,9-10,14,21,24H,7-8,11-13H2,1-2H3/t21-/m0/s1. The minimum atomic E-state index is -0.209. The maximum Gasteiger partial charge on any atom is 0.338 e. The molecule has 2 aliphatic heterocycles. The summed E-state index contributed by atoms with van der Waals surface area (Å²) in [5, 5.41) is 3.63. The Morgan fingerprint density at radius 3 is 2.87 bits per heavy atom. The number of piperazine rings is 1. The molecule has 7 heteroatoms. The van der Waals surface area contributed by atoms with Gasteiger partial charge in [0.2, 0.25) is 0 Å². The molecule has 0 saturated carbocycles. The molecule has 2 aromatic heterocycles. The van der Waals surface area contributed by atoms with E-state index < -0.39 is 0 Å². The number of carbonyl (C=O) groups excluding carboxylic acids is 1. The first-order valence-electron chi connectivity index (χ1n) is 10.3. The number of cyclic esters (lactones) is 1. The van der Waals surface area contributed by atoms with Crippen molar-refractivity contribution in [2.45, 2.75) is 33.0 Å². The fraction of sp³-hybridized carbons (Fsp3) is 0.348. The lowest BCUT2D eigenvalue weighted by Crippen LogP contribution is -2.45.